The van der Waals surface area contributed by atoms with E-state index in [1.807, 2.05) is 0 Å². The van der Waals surface area contributed by atoms with Crippen LogP contribution < -0.4 is 5.32 Å². The number of nitrogens with zero attached hydrogens (tertiary/aromatic N) is 3. The molecule has 182 valence electrons. The number of fused-ring (bicyclic) bond motifs is 1. The zero-order valence-corrected chi connectivity index (χ0v) is 20.9. The van der Waals surface area contributed by atoms with E-state index in [0.29, 0.717) is 18.0 Å². The van der Waals surface area contributed by atoms with Gasteiger partial charge in [-0.3, -0.25) is 14.5 Å². The summed E-state index contributed by atoms with van der Waals surface area (Å²) in [4.78, 5) is 32.0. The molecule has 6 aliphatic rings. The first-order valence-corrected chi connectivity index (χ1v) is 14.2. The topological polar surface area (TPSA) is 76.4 Å². The van der Waals surface area contributed by atoms with Gasteiger partial charge in [0.15, 0.2) is 0 Å². The van der Waals surface area contributed by atoms with Crippen LogP contribution in [0.3, 0.4) is 0 Å². The number of rotatable bonds is 4. The van der Waals surface area contributed by atoms with Gasteiger partial charge in [0.1, 0.15) is 11.1 Å². The van der Waals surface area contributed by atoms with Crippen molar-refractivity contribution in [3.05, 3.63) is 16.0 Å². The molecule has 0 radical (unpaired) electrons. The maximum absolute atomic E-state index is 13.6. The van der Waals surface area contributed by atoms with Crippen LogP contribution in [0, 0.1) is 34.5 Å². The monoisotopic (exact) mass is 480 g/mol. The minimum Gasteiger partial charge on any atom is -0.340 e. The average Bonchev–Trinajstić information content (AvgIpc) is 2.96. The van der Waals surface area contributed by atoms with Crippen molar-refractivity contribution in [3.8, 4) is 6.07 Å². The van der Waals surface area contributed by atoms with Crippen molar-refractivity contribution < 1.29 is 9.59 Å². The molecule has 0 atom stereocenters. The molecule has 5 fully saturated rings. The average molecular weight is 481 g/mol. The summed E-state index contributed by atoms with van der Waals surface area (Å²) in [6.45, 7) is 3.27. The van der Waals surface area contributed by atoms with Crippen molar-refractivity contribution in [1.82, 2.24) is 9.80 Å². The number of aryl methyl sites for hydroxylation is 1. The van der Waals surface area contributed by atoms with Crippen LogP contribution in [-0.4, -0.2) is 54.3 Å². The van der Waals surface area contributed by atoms with Crippen LogP contribution in [0.1, 0.15) is 73.8 Å². The third-order valence-electron chi connectivity index (χ3n) is 9.30. The highest BCUT2D eigenvalue weighted by molar-refractivity contribution is 7.16. The van der Waals surface area contributed by atoms with Gasteiger partial charge in [0.25, 0.3) is 0 Å². The lowest BCUT2D eigenvalue weighted by Crippen LogP contribution is -2.58. The van der Waals surface area contributed by atoms with Crippen molar-refractivity contribution in [2.45, 2.75) is 70.6 Å². The Morgan fingerprint density at radius 1 is 0.971 bits per heavy atom. The summed E-state index contributed by atoms with van der Waals surface area (Å²) in [5.41, 5.74) is 1.78. The van der Waals surface area contributed by atoms with Crippen molar-refractivity contribution in [2.75, 3.05) is 38.0 Å². The number of anilines is 1. The highest BCUT2D eigenvalue weighted by Crippen LogP contribution is 2.60. The van der Waals surface area contributed by atoms with E-state index in [2.05, 4.69) is 21.2 Å². The molecule has 4 saturated carbocycles. The molecule has 0 aromatic carbocycles. The molecule has 2 amide bonds. The summed E-state index contributed by atoms with van der Waals surface area (Å²) < 4.78 is 0. The number of carbonyl (C=O) groups excluding carboxylic acids is 2. The molecular weight excluding hydrogens is 444 g/mol. The molecule has 2 heterocycles. The van der Waals surface area contributed by atoms with Gasteiger partial charge in [0.2, 0.25) is 11.8 Å². The Hall–Kier alpha value is -1.91. The predicted molar refractivity (Wildman–Crippen MR) is 133 cm³/mol. The molecule has 7 heteroatoms. The SMILES string of the molecule is N#Cc1c(NC(=O)CN2CCN(C(=O)C34CC5CC(CC(C5)C3)C4)CC2)sc2c1CCCCC2. The molecule has 1 aromatic heterocycles. The lowest BCUT2D eigenvalue weighted by molar-refractivity contribution is -0.159. The fraction of sp³-hybridized carbons (Fsp3) is 0.741. The van der Waals surface area contributed by atoms with Crippen LogP contribution in [0.15, 0.2) is 0 Å². The van der Waals surface area contributed by atoms with E-state index >= 15 is 0 Å². The highest BCUT2D eigenvalue weighted by atomic mass is 32.1. The Labute approximate surface area is 206 Å². The van der Waals surface area contributed by atoms with Crippen LogP contribution in [0.5, 0.6) is 0 Å². The Bertz CT molecular complexity index is 981. The molecule has 1 aromatic rings. The lowest BCUT2D eigenvalue weighted by atomic mass is 9.49. The number of amides is 2. The Kier molecular flexibility index (Phi) is 5.93. The third kappa shape index (κ3) is 4.07. The number of hydrogen-bond acceptors (Lipinski definition) is 5. The Balaban J connectivity index is 1.04. The van der Waals surface area contributed by atoms with Gasteiger partial charge in [-0.05, 0) is 87.5 Å². The molecule has 1 aliphatic heterocycles. The standard InChI is InChI=1S/C27H36N4O2S/c28-16-22-21-4-2-1-3-5-23(21)34-25(22)29-24(32)17-30-6-8-31(9-7-30)26(33)27-13-18-10-19(14-27)12-20(11-18)15-27/h18-20H,1-15,17H2,(H,29,32). The number of hydrogen-bond donors (Lipinski definition) is 1. The van der Waals surface area contributed by atoms with E-state index in [0.717, 1.165) is 99.4 Å². The largest absolute Gasteiger partial charge is 0.340 e. The van der Waals surface area contributed by atoms with Crippen LogP contribution >= 0.6 is 11.3 Å². The van der Waals surface area contributed by atoms with Crippen molar-refractivity contribution in [2.24, 2.45) is 23.2 Å². The first kappa shape index (κ1) is 22.5. The van der Waals surface area contributed by atoms with Gasteiger partial charge < -0.3 is 10.2 Å². The molecule has 34 heavy (non-hydrogen) atoms. The fourth-order valence-corrected chi connectivity index (χ4v) is 9.39. The van der Waals surface area contributed by atoms with Crippen LogP contribution in [0.25, 0.3) is 0 Å². The van der Waals surface area contributed by atoms with Gasteiger partial charge in [-0.15, -0.1) is 11.3 Å². The van der Waals surface area contributed by atoms with Gasteiger partial charge in [-0.2, -0.15) is 5.26 Å². The summed E-state index contributed by atoms with van der Waals surface area (Å²) in [6, 6.07) is 2.35. The first-order valence-electron chi connectivity index (χ1n) is 13.4. The molecular formula is C27H36N4O2S. The Morgan fingerprint density at radius 3 is 2.26 bits per heavy atom. The molecule has 0 unspecified atom stereocenters. The van der Waals surface area contributed by atoms with E-state index in [1.165, 1.54) is 30.6 Å². The van der Waals surface area contributed by atoms with Crippen LogP contribution in [-0.2, 0) is 22.4 Å². The number of piperazine rings is 1. The Morgan fingerprint density at radius 2 is 1.62 bits per heavy atom. The zero-order valence-electron chi connectivity index (χ0n) is 20.1. The number of nitrogens with one attached hydrogen (secondary N) is 1. The van der Waals surface area contributed by atoms with Gasteiger partial charge >= 0.3 is 0 Å². The maximum atomic E-state index is 13.6. The molecule has 5 aliphatic carbocycles. The van der Waals surface area contributed by atoms with Crippen molar-refractivity contribution >= 4 is 28.2 Å². The minimum atomic E-state index is -0.0703. The van der Waals surface area contributed by atoms with Gasteiger partial charge in [0.05, 0.1) is 17.5 Å². The second-order valence-corrected chi connectivity index (χ2v) is 12.8. The third-order valence-corrected chi connectivity index (χ3v) is 10.5. The van der Waals surface area contributed by atoms with Crippen molar-refractivity contribution in [1.29, 1.82) is 5.26 Å². The predicted octanol–water partition coefficient (Wildman–Crippen LogP) is 4.19. The second kappa shape index (κ2) is 8.95. The minimum absolute atomic E-state index is 0.0474. The van der Waals surface area contributed by atoms with E-state index in [9.17, 15) is 14.9 Å². The summed E-state index contributed by atoms with van der Waals surface area (Å²) >= 11 is 1.60. The van der Waals surface area contributed by atoms with Crippen molar-refractivity contribution in [3.63, 3.8) is 0 Å². The molecule has 1 N–H and O–H groups in total. The van der Waals surface area contributed by atoms with E-state index in [-0.39, 0.29) is 11.3 Å². The molecule has 0 spiro atoms. The van der Waals surface area contributed by atoms with E-state index in [1.54, 1.807) is 11.3 Å². The smallest absolute Gasteiger partial charge is 0.239 e. The summed E-state index contributed by atoms with van der Waals surface area (Å²) in [7, 11) is 0. The second-order valence-electron chi connectivity index (χ2n) is 11.7. The maximum Gasteiger partial charge on any atom is 0.239 e. The molecule has 4 bridgehead atoms. The lowest BCUT2D eigenvalue weighted by Gasteiger charge is -2.57. The molecule has 6 nitrogen and oxygen atoms in total. The fourth-order valence-electron chi connectivity index (χ4n) is 8.14. The van der Waals surface area contributed by atoms with Gasteiger partial charge in [-0.25, -0.2) is 0 Å². The number of carbonyl (C=O) groups is 2. The van der Waals surface area contributed by atoms with E-state index in [4.69, 9.17) is 0 Å². The normalized spacial score (nSPS) is 32.7. The first-order chi connectivity index (χ1) is 16.5. The van der Waals surface area contributed by atoms with E-state index < -0.39 is 0 Å². The summed E-state index contributed by atoms with van der Waals surface area (Å²) in [5, 5.41) is 13.5. The highest BCUT2D eigenvalue weighted by Gasteiger charge is 2.55. The van der Waals surface area contributed by atoms with Gasteiger partial charge in [0, 0.05) is 31.1 Å². The van der Waals surface area contributed by atoms with Gasteiger partial charge in [-0.1, -0.05) is 6.42 Å². The zero-order chi connectivity index (χ0) is 23.3. The summed E-state index contributed by atoms with van der Waals surface area (Å²) in [6.07, 6.45) is 12.9. The number of nitriles is 1. The summed E-state index contributed by atoms with van der Waals surface area (Å²) in [5.74, 6) is 2.71. The van der Waals surface area contributed by atoms with Crippen LogP contribution in [0.4, 0.5) is 5.00 Å². The quantitative estimate of drug-likeness (QED) is 0.656. The number of thiophene rings is 1. The molecule has 7 rings (SSSR count). The van der Waals surface area contributed by atoms with Crippen LogP contribution in [0.2, 0.25) is 0 Å². The molecule has 1 saturated heterocycles.